The van der Waals surface area contributed by atoms with Crippen molar-refractivity contribution in [3.8, 4) is 17.1 Å². The third-order valence-electron chi connectivity index (χ3n) is 6.67. The Labute approximate surface area is 199 Å². The number of aromatic nitrogens is 3. The topological polar surface area (TPSA) is 68.2 Å². The van der Waals surface area contributed by atoms with Crippen LogP contribution in [0.4, 0.5) is 17.6 Å². The zero-order valence-corrected chi connectivity index (χ0v) is 18.8. The Balaban J connectivity index is 1.42. The molecule has 1 aliphatic carbocycles. The van der Waals surface area contributed by atoms with Crippen LogP contribution in [0.5, 0.6) is 5.88 Å². The molecule has 2 saturated heterocycles. The lowest BCUT2D eigenvalue weighted by atomic mass is 9.77. The largest absolute Gasteiger partial charge is 0.472 e. The van der Waals surface area contributed by atoms with Gasteiger partial charge in [-0.3, -0.25) is 14.8 Å². The molecule has 0 radical (unpaired) electrons. The van der Waals surface area contributed by atoms with E-state index in [1.165, 1.54) is 30.6 Å². The van der Waals surface area contributed by atoms with E-state index in [4.69, 9.17) is 4.74 Å². The second-order valence-corrected chi connectivity index (χ2v) is 8.93. The highest BCUT2D eigenvalue weighted by Crippen LogP contribution is 2.39. The molecule has 0 spiro atoms. The number of rotatable bonds is 4. The summed E-state index contributed by atoms with van der Waals surface area (Å²) in [6.45, 7) is 2.27. The van der Waals surface area contributed by atoms with Gasteiger partial charge < -0.3 is 9.64 Å². The van der Waals surface area contributed by atoms with Crippen molar-refractivity contribution < 1.29 is 27.1 Å². The van der Waals surface area contributed by atoms with Crippen molar-refractivity contribution in [1.29, 1.82) is 0 Å². The number of ether oxygens (including phenoxy) is 1. The van der Waals surface area contributed by atoms with Crippen LogP contribution in [0.2, 0.25) is 0 Å². The van der Waals surface area contributed by atoms with Gasteiger partial charge in [-0.05, 0) is 61.9 Å². The molecule has 182 valence electrons. The number of amides is 1. The van der Waals surface area contributed by atoms with E-state index in [0.29, 0.717) is 30.5 Å². The highest BCUT2D eigenvalue weighted by molar-refractivity contribution is 5.99. The molecule has 5 heterocycles. The van der Waals surface area contributed by atoms with Crippen LogP contribution in [-0.4, -0.2) is 44.4 Å². The van der Waals surface area contributed by atoms with Gasteiger partial charge in [0, 0.05) is 36.8 Å². The molecule has 0 N–H and O–H groups in total. The molecule has 1 amide bonds. The van der Waals surface area contributed by atoms with Crippen LogP contribution in [0, 0.1) is 18.7 Å². The van der Waals surface area contributed by atoms with Crippen LogP contribution in [0.15, 0.2) is 48.9 Å². The Hall–Kier alpha value is -3.56. The average molecular weight is 486 g/mol. The summed E-state index contributed by atoms with van der Waals surface area (Å²) in [5, 5.41) is 0. The van der Waals surface area contributed by atoms with E-state index < -0.39 is 23.7 Å². The molecule has 6 nitrogen and oxygen atoms in total. The van der Waals surface area contributed by atoms with Crippen molar-refractivity contribution in [1.82, 2.24) is 19.9 Å². The van der Waals surface area contributed by atoms with Gasteiger partial charge in [0.1, 0.15) is 23.3 Å². The Morgan fingerprint density at radius 2 is 1.91 bits per heavy atom. The van der Waals surface area contributed by atoms with Crippen molar-refractivity contribution in [2.75, 3.05) is 6.54 Å². The van der Waals surface area contributed by atoms with E-state index in [9.17, 15) is 22.4 Å². The third kappa shape index (κ3) is 4.44. The Morgan fingerprint density at radius 1 is 1.09 bits per heavy atom. The summed E-state index contributed by atoms with van der Waals surface area (Å²) in [7, 11) is 0. The third-order valence-corrected chi connectivity index (χ3v) is 6.67. The lowest BCUT2D eigenvalue weighted by Crippen LogP contribution is -2.59. The standard InChI is InChI=1S/C25H22F4N4O2/c1-14-8-10-31-23(21(14)22-17(26)3-2-9-30-22)24(34)33-13-15-4-6-18(33)19(11-15)35-20-7-5-16(12-32-20)25(27,28)29/h2-3,5,7-10,12,15,18-19H,4,6,11,13H2,1H3. The van der Waals surface area contributed by atoms with Gasteiger partial charge in [-0.15, -0.1) is 0 Å². The normalized spacial score (nSPS) is 21.7. The minimum atomic E-state index is -4.48. The van der Waals surface area contributed by atoms with Crippen molar-refractivity contribution >= 4 is 5.91 Å². The number of aryl methyl sites for hydroxylation is 1. The molecule has 2 bridgehead atoms. The number of carbonyl (C=O) groups excluding carboxylic acids is 1. The molecule has 35 heavy (non-hydrogen) atoms. The smallest absolute Gasteiger partial charge is 0.417 e. The first kappa shape index (κ1) is 23.2. The lowest BCUT2D eigenvalue weighted by molar-refractivity contribution is -0.137. The fourth-order valence-electron chi connectivity index (χ4n) is 4.99. The van der Waals surface area contributed by atoms with E-state index in [1.807, 2.05) is 0 Å². The minimum Gasteiger partial charge on any atom is -0.472 e. The molecule has 6 rings (SSSR count). The fraction of sp³-hybridized carbons (Fsp3) is 0.360. The van der Waals surface area contributed by atoms with Gasteiger partial charge in [0.2, 0.25) is 5.88 Å². The fourth-order valence-corrected chi connectivity index (χ4v) is 4.99. The SMILES string of the molecule is Cc1ccnc(C(=O)N2CC3CCC2C(Oc2ccc(C(F)(F)F)cn2)C3)c1-c1ncccc1F. The maximum absolute atomic E-state index is 14.6. The number of halogens is 4. The molecule has 3 unspecified atom stereocenters. The Bertz CT molecular complexity index is 1250. The highest BCUT2D eigenvalue weighted by atomic mass is 19.4. The molecular formula is C25H22F4N4O2. The second kappa shape index (κ2) is 8.90. The van der Waals surface area contributed by atoms with Crippen molar-refractivity contribution in [2.45, 2.75) is 44.5 Å². The van der Waals surface area contributed by atoms with Gasteiger partial charge >= 0.3 is 6.18 Å². The predicted molar refractivity (Wildman–Crippen MR) is 118 cm³/mol. The summed E-state index contributed by atoms with van der Waals surface area (Å²) in [4.78, 5) is 27.7. The summed E-state index contributed by atoms with van der Waals surface area (Å²) in [6, 6.07) is 6.28. The summed E-state index contributed by atoms with van der Waals surface area (Å²) >= 11 is 0. The van der Waals surface area contributed by atoms with Crippen LogP contribution in [0.1, 0.15) is 40.9 Å². The van der Waals surface area contributed by atoms with Crippen molar-refractivity contribution in [2.24, 2.45) is 5.92 Å². The summed E-state index contributed by atoms with van der Waals surface area (Å²) in [6.07, 6.45) is 1.07. The van der Waals surface area contributed by atoms with Crippen LogP contribution in [0.25, 0.3) is 11.3 Å². The van der Waals surface area contributed by atoms with Crippen molar-refractivity contribution in [3.63, 3.8) is 0 Å². The number of nitrogens with zero attached hydrogens (tertiary/aromatic N) is 4. The molecule has 3 aromatic rings. The van der Waals surface area contributed by atoms with Crippen LogP contribution >= 0.6 is 0 Å². The van der Waals surface area contributed by atoms with Crippen LogP contribution < -0.4 is 4.74 Å². The van der Waals surface area contributed by atoms with Gasteiger partial charge in [0.25, 0.3) is 5.91 Å². The summed E-state index contributed by atoms with van der Waals surface area (Å²) < 4.78 is 59.1. The minimum absolute atomic E-state index is 0.0605. The monoisotopic (exact) mass is 486 g/mol. The summed E-state index contributed by atoms with van der Waals surface area (Å²) in [5.74, 6) is -0.652. The maximum Gasteiger partial charge on any atom is 0.417 e. The molecule has 3 aromatic heterocycles. The molecule has 3 atom stereocenters. The van der Waals surface area contributed by atoms with E-state index >= 15 is 0 Å². The van der Waals surface area contributed by atoms with Gasteiger partial charge in [-0.25, -0.2) is 9.37 Å². The molecule has 10 heteroatoms. The maximum atomic E-state index is 14.6. The second-order valence-electron chi connectivity index (χ2n) is 8.93. The number of hydrogen-bond donors (Lipinski definition) is 0. The van der Waals surface area contributed by atoms with E-state index in [0.717, 1.165) is 18.7 Å². The number of carbonyl (C=O) groups is 1. The zero-order valence-electron chi connectivity index (χ0n) is 18.8. The summed E-state index contributed by atoms with van der Waals surface area (Å²) in [5.41, 5.74) is 0.336. The first-order valence-corrected chi connectivity index (χ1v) is 11.3. The molecule has 1 saturated carbocycles. The molecule has 3 fully saturated rings. The number of piperidine rings is 2. The van der Waals surface area contributed by atoms with Gasteiger partial charge in [-0.2, -0.15) is 13.2 Å². The first-order chi connectivity index (χ1) is 16.7. The molecule has 2 aliphatic heterocycles. The highest BCUT2D eigenvalue weighted by Gasteiger charge is 2.45. The number of fused-ring (bicyclic) bond motifs is 3. The molecule has 3 aliphatic rings. The predicted octanol–water partition coefficient (Wildman–Crippen LogP) is 5.08. The van der Waals surface area contributed by atoms with E-state index in [2.05, 4.69) is 15.0 Å². The van der Waals surface area contributed by atoms with E-state index in [1.54, 1.807) is 17.9 Å². The Morgan fingerprint density at radius 3 is 2.60 bits per heavy atom. The molecule has 0 aromatic carbocycles. The number of pyridine rings is 3. The van der Waals surface area contributed by atoms with Crippen molar-refractivity contribution in [3.05, 3.63) is 71.6 Å². The number of alkyl halides is 3. The zero-order chi connectivity index (χ0) is 24.7. The van der Waals surface area contributed by atoms with Gasteiger partial charge in [0.15, 0.2) is 0 Å². The van der Waals surface area contributed by atoms with E-state index in [-0.39, 0.29) is 35.1 Å². The van der Waals surface area contributed by atoms with Crippen LogP contribution in [-0.2, 0) is 6.18 Å². The quantitative estimate of drug-likeness (QED) is 0.482. The van der Waals surface area contributed by atoms with Crippen LogP contribution in [0.3, 0.4) is 0 Å². The lowest BCUT2D eigenvalue weighted by Gasteiger charge is -2.49. The first-order valence-electron chi connectivity index (χ1n) is 11.3. The molecular weight excluding hydrogens is 464 g/mol. The van der Waals surface area contributed by atoms with Gasteiger partial charge in [0.05, 0.1) is 11.6 Å². The number of hydrogen-bond acceptors (Lipinski definition) is 5. The average Bonchev–Trinajstić information content (AvgIpc) is 2.84. The Kier molecular flexibility index (Phi) is 5.90. The van der Waals surface area contributed by atoms with Gasteiger partial charge in [-0.1, -0.05) is 0 Å².